The van der Waals surface area contributed by atoms with Gasteiger partial charge in [-0.25, -0.2) is 0 Å². The first-order valence-electron chi connectivity index (χ1n) is 6.76. The standard InChI is InChI=1S/C13H22N6O/c1-11-12(8-16-18(11)2)7-14-9-13-17-15-10-19(13)5-4-6-20-3/h8,10,14H,4-7,9H2,1-3H3. The summed E-state index contributed by atoms with van der Waals surface area (Å²) in [4.78, 5) is 0. The van der Waals surface area contributed by atoms with Crippen molar-refractivity contribution < 1.29 is 4.74 Å². The van der Waals surface area contributed by atoms with Crippen LogP contribution in [0.1, 0.15) is 23.5 Å². The van der Waals surface area contributed by atoms with Crippen LogP contribution in [0.3, 0.4) is 0 Å². The molecule has 0 radical (unpaired) electrons. The number of hydrogen-bond acceptors (Lipinski definition) is 5. The Morgan fingerprint density at radius 1 is 1.35 bits per heavy atom. The lowest BCUT2D eigenvalue weighted by molar-refractivity contribution is 0.190. The molecule has 0 aliphatic rings. The number of aryl methyl sites for hydroxylation is 2. The summed E-state index contributed by atoms with van der Waals surface area (Å²) in [5, 5.41) is 15.7. The summed E-state index contributed by atoms with van der Waals surface area (Å²) >= 11 is 0. The molecule has 20 heavy (non-hydrogen) atoms. The van der Waals surface area contributed by atoms with Crippen molar-refractivity contribution in [2.75, 3.05) is 13.7 Å². The van der Waals surface area contributed by atoms with E-state index in [4.69, 9.17) is 4.74 Å². The van der Waals surface area contributed by atoms with Gasteiger partial charge in [0.1, 0.15) is 12.2 Å². The van der Waals surface area contributed by atoms with Crippen LogP contribution >= 0.6 is 0 Å². The van der Waals surface area contributed by atoms with Crippen molar-refractivity contribution >= 4 is 0 Å². The average Bonchev–Trinajstić information content (AvgIpc) is 3.01. The molecule has 7 heteroatoms. The zero-order valence-electron chi connectivity index (χ0n) is 12.3. The normalized spacial score (nSPS) is 11.2. The number of rotatable bonds is 8. The summed E-state index contributed by atoms with van der Waals surface area (Å²) in [6, 6.07) is 0. The number of methoxy groups -OCH3 is 1. The Balaban J connectivity index is 1.82. The van der Waals surface area contributed by atoms with Crippen LogP contribution < -0.4 is 5.32 Å². The molecule has 2 rings (SSSR count). The number of ether oxygens (including phenoxy) is 1. The Morgan fingerprint density at radius 3 is 2.90 bits per heavy atom. The maximum absolute atomic E-state index is 5.06. The molecule has 0 aliphatic carbocycles. The van der Waals surface area contributed by atoms with Crippen LogP contribution in [-0.4, -0.2) is 38.3 Å². The van der Waals surface area contributed by atoms with Gasteiger partial charge in [-0.15, -0.1) is 10.2 Å². The highest BCUT2D eigenvalue weighted by molar-refractivity contribution is 5.15. The van der Waals surface area contributed by atoms with Crippen LogP contribution in [0.5, 0.6) is 0 Å². The summed E-state index contributed by atoms with van der Waals surface area (Å²) < 4.78 is 8.99. The molecule has 110 valence electrons. The van der Waals surface area contributed by atoms with Crippen molar-refractivity contribution in [3.8, 4) is 0 Å². The number of hydrogen-bond donors (Lipinski definition) is 1. The SMILES string of the molecule is COCCCn1cnnc1CNCc1cnn(C)c1C. The molecule has 1 N–H and O–H groups in total. The zero-order valence-corrected chi connectivity index (χ0v) is 12.3. The molecule has 0 unspecified atom stereocenters. The van der Waals surface area contributed by atoms with Gasteiger partial charge in [-0.2, -0.15) is 5.10 Å². The van der Waals surface area contributed by atoms with Crippen molar-refractivity contribution in [3.05, 3.63) is 29.6 Å². The fraction of sp³-hybridized carbons (Fsp3) is 0.615. The van der Waals surface area contributed by atoms with Crippen LogP contribution in [0.2, 0.25) is 0 Å². The maximum atomic E-state index is 5.06. The zero-order chi connectivity index (χ0) is 14.4. The molecule has 0 fully saturated rings. The summed E-state index contributed by atoms with van der Waals surface area (Å²) in [5.41, 5.74) is 2.39. The second kappa shape index (κ2) is 7.16. The van der Waals surface area contributed by atoms with Gasteiger partial charge in [0.15, 0.2) is 0 Å². The molecule has 2 aromatic rings. The fourth-order valence-corrected chi connectivity index (χ4v) is 2.01. The van der Waals surface area contributed by atoms with E-state index < -0.39 is 0 Å². The Labute approximate surface area is 119 Å². The first kappa shape index (κ1) is 14.7. The van der Waals surface area contributed by atoms with Crippen molar-refractivity contribution in [3.63, 3.8) is 0 Å². The first-order chi connectivity index (χ1) is 9.72. The van der Waals surface area contributed by atoms with Crippen LogP contribution in [0.15, 0.2) is 12.5 Å². The van der Waals surface area contributed by atoms with E-state index in [9.17, 15) is 0 Å². The smallest absolute Gasteiger partial charge is 0.146 e. The van der Waals surface area contributed by atoms with Crippen LogP contribution in [0.25, 0.3) is 0 Å². The van der Waals surface area contributed by atoms with Gasteiger partial charge < -0.3 is 14.6 Å². The van der Waals surface area contributed by atoms with Crippen LogP contribution in [0.4, 0.5) is 0 Å². The van der Waals surface area contributed by atoms with Crippen molar-refractivity contribution in [1.29, 1.82) is 0 Å². The Kier molecular flexibility index (Phi) is 5.25. The summed E-state index contributed by atoms with van der Waals surface area (Å²) in [6.45, 7) is 5.17. The van der Waals surface area contributed by atoms with Crippen molar-refractivity contribution in [1.82, 2.24) is 29.9 Å². The van der Waals surface area contributed by atoms with E-state index in [2.05, 4.69) is 32.1 Å². The van der Waals surface area contributed by atoms with Gasteiger partial charge in [0, 0.05) is 45.1 Å². The lowest BCUT2D eigenvalue weighted by atomic mass is 10.2. The largest absolute Gasteiger partial charge is 0.385 e. The van der Waals surface area contributed by atoms with Gasteiger partial charge in [0.05, 0.1) is 12.7 Å². The molecular weight excluding hydrogens is 256 g/mol. The molecule has 0 saturated heterocycles. The van der Waals surface area contributed by atoms with Crippen molar-refractivity contribution in [2.45, 2.75) is 33.0 Å². The highest BCUT2D eigenvalue weighted by Crippen LogP contribution is 2.05. The van der Waals surface area contributed by atoms with E-state index in [-0.39, 0.29) is 0 Å². The molecule has 7 nitrogen and oxygen atoms in total. The lowest BCUT2D eigenvalue weighted by Gasteiger charge is -2.07. The highest BCUT2D eigenvalue weighted by Gasteiger charge is 2.06. The molecule has 2 aromatic heterocycles. The highest BCUT2D eigenvalue weighted by atomic mass is 16.5. The molecule has 0 spiro atoms. The third-order valence-corrected chi connectivity index (χ3v) is 3.38. The van der Waals surface area contributed by atoms with Crippen LogP contribution in [-0.2, 0) is 31.4 Å². The number of aromatic nitrogens is 5. The van der Waals surface area contributed by atoms with E-state index >= 15 is 0 Å². The Hall–Kier alpha value is -1.73. The quantitative estimate of drug-likeness (QED) is 0.718. The molecule has 0 atom stereocenters. The van der Waals surface area contributed by atoms with Gasteiger partial charge in [-0.1, -0.05) is 0 Å². The minimum atomic E-state index is 0.696. The minimum absolute atomic E-state index is 0.696. The van der Waals surface area contributed by atoms with E-state index in [1.807, 2.05) is 17.9 Å². The molecule has 2 heterocycles. The molecule has 0 bridgehead atoms. The monoisotopic (exact) mass is 278 g/mol. The predicted molar refractivity (Wildman–Crippen MR) is 75.0 cm³/mol. The molecule has 0 aromatic carbocycles. The molecule has 0 amide bonds. The maximum Gasteiger partial charge on any atom is 0.146 e. The molecule has 0 saturated carbocycles. The Bertz CT molecular complexity index is 533. The molecule has 0 aliphatic heterocycles. The summed E-state index contributed by atoms with van der Waals surface area (Å²) in [5.74, 6) is 0.947. The third kappa shape index (κ3) is 3.64. The minimum Gasteiger partial charge on any atom is -0.385 e. The predicted octanol–water partition coefficient (Wildman–Crippen LogP) is 0.646. The third-order valence-electron chi connectivity index (χ3n) is 3.38. The number of nitrogens with one attached hydrogen (secondary N) is 1. The Morgan fingerprint density at radius 2 is 2.20 bits per heavy atom. The van der Waals surface area contributed by atoms with E-state index in [0.717, 1.165) is 31.9 Å². The fourth-order valence-electron chi connectivity index (χ4n) is 2.01. The molecular formula is C13H22N6O. The van der Waals surface area contributed by atoms with Gasteiger partial charge in [-0.3, -0.25) is 4.68 Å². The summed E-state index contributed by atoms with van der Waals surface area (Å²) in [6.07, 6.45) is 4.62. The van der Waals surface area contributed by atoms with Gasteiger partial charge in [-0.05, 0) is 13.3 Å². The van der Waals surface area contributed by atoms with Crippen molar-refractivity contribution in [2.24, 2.45) is 7.05 Å². The summed E-state index contributed by atoms with van der Waals surface area (Å²) in [7, 11) is 3.66. The van der Waals surface area contributed by atoms with E-state index in [0.29, 0.717) is 6.54 Å². The van der Waals surface area contributed by atoms with Gasteiger partial charge in [0.25, 0.3) is 0 Å². The number of nitrogens with zero attached hydrogens (tertiary/aromatic N) is 5. The lowest BCUT2D eigenvalue weighted by Crippen LogP contribution is -2.17. The van der Waals surface area contributed by atoms with Gasteiger partial charge >= 0.3 is 0 Å². The van der Waals surface area contributed by atoms with Crippen LogP contribution in [0, 0.1) is 6.92 Å². The topological polar surface area (TPSA) is 69.8 Å². The van der Waals surface area contributed by atoms with E-state index in [1.165, 1.54) is 11.3 Å². The van der Waals surface area contributed by atoms with Gasteiger partial charge in [0.2, 0.25) is 0 Å². The second-order valence-electron chi connectivity index (χ2n) is 4.77. The average molecular weight is 278 g/mol. The first-order valence-corrected chi connectivity index (χ1v) is 6.76. The van der Waals surface area contributed by atoms with E-state index in [1.54, 1.807) is 13.4 Å². The second-order valence-corrected chi connectivity index (χ2v) is 4.77.